The van der Waals surface area contributed by atoms with Gasteiger partial charge in [0.15, 0.2) is 16.9 Å². The van der Waals surface area contributed by atoms with E-state index in [1.54, 1.807) is 13.5 Å². The summed E-state index contributed by atoms with van der Waals surface area (Å²) in [6.07, 6.45) is -5.05. The first-order valence-electron chi connectivity index (χ1n) is 11.9. The minimum Gasteiger partial charge on any atom is -0.475 e. The van der Waals surface area contributed by atoms with Gasteiger partial charge in [0.25, 0.3) is 0 Å². The number of carboxylic acid groups (broad SMARTS) is 3. The summed E-state index contributed by atoms with van der Waals surface area (Å²) in [6, 6.07) is 17.3. The van der Waals surface area contributed by atoms with E-state index >= 15 is 0 Å². The van der Waals surface area contributed by atoms with E-state index < -0.39 is 36.4 Å². The maximum Gasteiger partial charge on any atom is 0.490 e. The molecule has 0 aromatic carbocycles. The van der Waals surface area contributed by atoms with Gasteiger partial charge in [0.1, 0.15) is 19.0 Å². The number of hydrogen-bond donors (Lipinski definition) is 3. The van der Waals surface area contributed by atoms with E-state index in [-0.39, 0.29) is 0 Å². The molecule has 6 heterocycles. The molecule has 0 amide bonds. The van der Waals surface area contributed by atoms with Crippen LogP contribution in [-0.2, 0) is 14.4 Å². The summed E-state index contributed by atoms with van der Waals surface area (Å²) in [5.74, 6) is -8.27. The molecule has 0 bridgehead atoms. The van der Waals surface area contributed by atoms with Gasteiger partial charge in [-0.1, -0.05) is 18.2 Å². The molecule has 0 radical (unpaired) electrons. The highest BCUT2D eigenvalue weighted by atomic mass is 19.4. The van der Waals surface area contributed by atoms with E-state index in [9.17, 15) is 39.5 Å². The Hall–Kier alpha value is -6.36. The van der Waals surface area contributed by atoms with E-state index in [1.165, 1.54) is 19.0 Å². The number of aromatic nitrogens is 9. The molecule has 0 aliphatic rings. The highest BCUT2D eigenvalue weighted by Crippen LogP contribution is 2.14. The second kappa shape index (κ2) is 18.0. The molecule has 0 atom stereocenters. The van der Waals surface area contributed by atoms with Crippen LogP contribution in [0.15, 0.2) is 92.2 Å². The van der Waals surface area contributed by atoms with Gasteiger partial charge in [-0.15, -0.1) is 0 Å². The van der Waals surface area contributed by atoms with Crippen LogP contribution in [0.1, 0.15) is 0 Å². The summed E-state index contributed by atoms with van der Waals surface area (Å²) in [6.45, 7) is 0. The highest BCUT2D eigenvalue weighted by molar-refractivity contribution is 5.73. The number of aliphatic carboxylic acids is 3. The molecule has 3 N–H and O–H groups in total. The van der Waals surface area contributed by atoms with Gasteiger partial charge in [-0.25, -0.2) is 42.9 Å². The predicted molar refractivity (Wildman–Crippen MR) is 140 cm³/mol. The van der Waals surface area contributed by atoms with Crippen molar-refractivity contribution in [2.45, 2.75) is 18.5 Å². The maximum absolute atomic E-state index is 10.6. The van der Waals surface area contributed by atoms with Crippen LogP contribution in [0.4, 0.5) is 39.5 Å². The Balaban J connectivity index is 0.000000290. The Morgan fingerprint density at radius 1 is 0.458 bits per heavy atom. The minimum absolute atomic E-state index is 0.887. The Morgan fingerprint density at radius 3 is 0.833 bits per heavy atom. The third kappa shape index (κ3) is 15.1. The average Bonchev–Trinajstić information content (AvgIpc) is 3.78. The topological polar surface area (TPSA) is 202 Å². The van der Waals surface area contributed by atoms with Gasteiger partial charge in [0, 0.05) is 18.6 Å². The molecule has 0 saturated carbocycles. The lowest BCUT2D eigenvalue weighted by molar-refractivity contribution is -0.193. The van der Waals surface area contributed by atoms with Crippen molar-refractivity contribution >= 4 is 34.8 Å². The molecule has 0 aliphatic heterocycles. The third-order valence-corrected chi connectivity index (χ3v) is 4.28. The molecule has 0 spiro atoms. The first-order chi connectivity index (χ1) is 22.2. The van der Waals surface area contributed by atoms with Gasteiger partial charge in [-0.05, 0) is 36.4 Å². The molecule has 0 unspecified atom stereocenters. The fourth-order valence-corrected chi connectivity index (χ4v) is 2.30. The zero-order valence-electron chi connectivity index (χ0n) is 23.2. The lowest BCUT2D eigenvalue weighted by Crippen LogP contribution is -2.21. The molecule has 0 aliphatic carbocycles. The molecule has 0 saturated heterocycles. The molecular weight excluding hydrogens is 681 g/mol. The normalized spacial score (nSPS) is 10.7. The first-order valence-corrected chi connectivity index (χ1v) is 11.9. The van der Waals surface area contributed by atoms with E-state index in [0.29, 0.717) is 0 Å². The summed E-state index contributed by atoms with van der Waals surface area (Å²) in [5.41, 5.74) is 2.66. The van der Waals surface area contributed by atoms with Crippen LogP contribution >= 0.6 is 0 Å². The fraction of sp³-hybridized carbons (Fsp3) is 0.125. The number of alkyl halides is 9. The first kappa shape index (κ1) is 39.7. The van der Waals surface area contributed by atoms with Crippen molar-refractivity contribution in [1.29, 1.82) is 0 Å². The van der Waals surface area contributed by atoms with Crippen molar-refractivity contribution < 1.29 is 69.2 Å². The highest BCUT2D eigenvalue weighted by Gasteiger charge is 2.39. The predicted octanol–water partition coefficient (Wildman–Crippen LogP) is 4.09. The number of fused-ring (bicyclic) bond motifs is 3. The SMILES string of the molecule is O=C(O)C(F)(F)F.O=C(O)C(F)(F)F.O=C(O)C(F)(F)F.c1ccn2ncnc2c1.c1ccn2ncnc2c1.c1ccn2ncnc2c1. The van der Waals surface area contributed by atoms with Gasteiger partial charge < -0.3 is 15.3 Å². The third-order valence-electron chi connectivity index (χ3n) is 4.28. The largest absolute Gasteiger partial charge is 0.490 e. The summed E-state index contributed by atoms with van der Waals surface area (Å²) in [7, 11) is 0. The minimum atomic E-state index is -5.08. The van der Waals surface area contributed by atoms with Gasteiger partial charge in [0.05, 0.1) is 0 Å². The Morgan fingerprint density at radius 2 is 0.667 bits per heavy atom. The summed E-state index contributed by atoms with van der Waals surface area (Å²) in [5, 5.41) is 33.1. The number of pyridine rings is 3. The zero-order valence-corrected chi connectivity index (χ0v) is 23.2. The van der Waals surface area contributed by atoms with Crippen molar-refractivity contribution in [2.75, 3.05) is 0 Å². The molecule has 6 rings (SSSR count). The molecule has 6 aromatic heterocycles. The van der Waals surface area contributed by atoms with Crippen molar-refractivity contribution in [3.8, 4) is 0 Å². The molecule has 6 aromatic rings. The number of carboxylic acids is 3. The van der Waals surface area contributed by atoms with Gasteiger partial charge in [-0.3, -0.25) is 0 Å². The maximum atomic E-state index is 10.6. The number of rotatable bonds is 0. The Bertz CT molecular complexity index is 1560. The number of carbonyl (C=O) groups is 3. The van der Waals surface area contributed by atoms with Gasteiger partial charge >= 0.3 is 36.4 Å². The van der Waals surface area contributed by atoms with E-state index in [1.807, 2.05) is 73.2 Å². The Labute approximate surface area is 259 Å². The monoisotopic (exact) mass is 699 g/mol. The smallest absolute Gasteiger partial charge is 0.475 e. The summed E-state index contributed by atoms with van der Waals surface area (Å²) < 4.78 is 100. The molecule has 0 fully saturated rings. The van der Waals surface area contributed by atoms with Crippen molar-refractivity contribution in [3.63, 3.8) is 0 Å². The van der Waals surface area contributed by atoms with E-state index in [4.69, 9.17) is 29.7 Å². The van der Waals surface area contributed by atoms with Crippen LogP contribution in [0.3, 0.4) is 0 Å². The van der Waals surface area contributed by atoms with Crippen molar-refractivity contribution in [2.24, 2.45) is 0 Å². The lowest BCUT2D eigenvalue weighted by atomic mass is 10.5. The van der Waals surface area contributed by atoms with Crippen LogP contribution in [0.2, 0.25) is 0 Å². The standard InChI is InChI=1S/3C6H5N3.3C2HF3O2/c3*1-2-4-9-6(3-1)7-5-8-9;3*3-2(4,5)1(6)7/h3*1-5H;3*(H,6,7). The van der Waals surface area contributed by atoms with Crippen LogP contribution in [0.25, 0.3) is 16.9 Å². The van der Waals surface area contributed by atoms with Crippen molar-refractivity contribution in [1.82, 2.24) is 43.8 Å². The van der Waals surface area contributed by atoms with Crippen molar-refractivity contribution in [3.05, 3.63) is 92.2 Å². The van der Waals surface area contributed by atoms with E-state index in [0.717, 1.165) is 16.9 Å². The average molecular weight is 699 g/mol. The Kier molecular flexibility index (Phi) is 14.8. The summed E-state index contributed by atoms with van der Waals surface area (Å²) >= 11 is 0. The summed E-state index contributed by atoms with van der Waals surface area (Å²) in [4.78, 5) is 38.6. The zero-order chi connectivity index (χ0) is 36.5. The molecular formula is C24H18F9N9O6. The lowest BCUT2D eigenvalue weighted by Gasteiger charge is -1.93. The number of halogens is 9. The van der Waals surface area contributed by atoms with Crippen LogP contribution in [0, 0.1) is 0 Å². The van der Waals surface area contributed by atoms with E-state index in [2.05, 4.69) is 30.2 Å². The second-order valence-electron chi connectivity index (χ2n) is 7.70. The molecule has 258 valence electrons. The van der Waals surface area contributed by atoms with Crippen LogP contribution < -0.4 is 0 Å². The molecule has 48 heavy (non-hydrogen) atoms. The van der Waals surface area contributed by atoms with Gasteiger partial charge in [-0.2, -0.15) is 54.8 Å². The van der Waals surface area contributed by atoms with Crippen LogP contribution in [0.5, 0.6) is 0 Å². The molecule has 24 heteroatoms. The molecule has 15 nitrogen and oxygen atoms in total. The number of nitrogens with zero attached hydrogens (tertiary/aromatic N) is 9. The second-order valence-corrected chi connectivity index (χ2v) is 7.70. The quantitative estimate of drug-likeness (QED) is 0.192. The number of hydrogen-bond acceptors (Lipinski definition) is 9. The fourth-order valence-electron chi connectivity index (χ4n) is 2.30. The van der Waals surface area contributed by atoms with Gasteiger partial charge in [0.2, 0.25) is 0 Å². The van der Waals surface area contributed by atoms with Crippen LogP contribution in [-0.4, -0.2) is 95.6 Å².